The maximum absolute atomic E-state index is 5.51. The van der Waals surface area contributed by atoms with Gasteiger partial charge in [0.05, 0.1) is 25.3 Å². The summed E-state index contributed by atoms with van der Waals surface area (Å²) < 4.78 is 6.65. The van der Waals surface area contributed by atoms with Gasteiger partial charge in [0.1, 0.15) is 0 Å². The molecule has 1 aliphatic rings. The number of halogens is 1. The fourth-order valence-corrected chi connectivity index (χ4v) is 2.63. The Morgan fingerprint density at radius 1 is 1.50 bits per heavy atom. The van der Waals surface area contributed by atoms with Crippen LogP contribution in [0.1, 0.15) is 11.6 Å². The Hall–Kier alpha value is -0.420. The minimum Gasteiger partial charge on any atom is -0.378 e. The van der Waals surface area contributed by atoms with E-state index in [1.54, 1.807) is 0 Å². The Morgan fingerprint density at radius 3 is 2.94 bits per heavy atom. The number of hydrogen-bond acceptors (Lipinski definition) is 3. The summed E-state index contributed by atoms with van der Waals surface area (Å²) in [6.45, 7) is 2.49. The predicted molar refractivity (Wildman–Crippen MR) is 68.6 cm³/mol. The van der Waals surface area contributed by atoms with E-state index in [4.69, 9.17) is 4.74 Å². The first-order valence-corrected chi connectivity index (χ1v) is 6.35. The van der Waals surface area contributed by atoms with Gasteiger partial charge < -0.3 is 15.4 Å². The Labute approximate surface area is 105 Å². The summed E-state index contributed by atoms with van der Waals surface area (Å²) in [7, 11) is 1.99. The first kappa shape index (κ1) is 12.0. The van der Waals surface area contributed by atoms with Gasteiger partial charge in [-0.1, -0.05) is 34.1 Å². The van der Waals surface area contributed by atoms with Gasteiger partial charge in [-0.05, 0) is 18.7 Å². The van der Waals surface area contributed by atoms with Gasteiger partial charge in [-0.15, -0.1) is 0 Å². The van der Waals surface area contributed by atoms with Crippen molar-refractivity contribution >= 4 is 15.9 Å². The zero-order chi connectivity index (χ0) is 11.4. The number of nitrogens with one attached hydrogen (secondary N) is 2. The summed E-state index contributed by atoms with van der Waals surface area (Å²) in [4.78, 5) is 0. The summed E-state index contributed by atoms with van der Waals surface area (Å²) in [6.07, 6.45) is 0. The van der Waals surface area contributed by atoms with Gasteiger partial charge in [-0.25, -0.2) is 0 Å². The molecule has 2 N–H and O–H groups in total. The van der Waals surface area contributed by atoms with Gasteiger partial charge in [0.15, 0.2) is 0 Å². The quantitative estimate of drug-likeness (QED) is 0.887. The molecule has 2 rings (SSSR count). The third kappa shape index (κ3) is 2.63. The lowest BCUT2D eigenvalue weighted by Crippen LogP contribution is -2.48. The second-order valence-electron chi connectivity index (χ2n) is 3.92. The number of likely N-dealkylation sites (N-methyl/N-ethyl adjacent to an activating group) is 1. The molecule has 16 heavy (non-hydrogen) atoms. The van der Waals surface area contributed by atoms with Gasteiger partial charge in [-0.3, -0.25) is 0 Å². The van der Waals surface area contributed by atoms with E-state index in [0.29, 0.717) is 6.04 Å². The average Bonchev–Trinajstić information content (AvgIpc) is 2.34. The molecule has 3 nitrogen and oxygen atoms in total. The summed E-state index contributed by atoms with van der Waals surface area (Å²) in [5, 5.41) is 6.84. The van der Waals surface area contributed by atoms with E-state index in [-0.39, 0.29) is 6.04 Å². The van der Waals surface area contributed by atoms with Gasteiger partial charge in [-0.2, -0.15) is 0 Å². The van der Waals surface area contributed by atoms with E-state index in [1.165, 1.54) is 5.56 Å². The van der Waals surface area contributed by atoms with Crippen LogP contribution in [0.4, 0.5) is 0 Å². The van der Waals surface area contributed by atoms with Crippen molar-refractivity contribution in [2.75, 3.05) is 26.8 Å². The fourth-order valence-electron chi connectivity index (χ4n) is 2.10. The third-order valence-corrected chi connectivity index (χ3v) is 3.63. The van der Waals surface area contributed by atoms with E-state index in [9.17, 15) is 0 Å². The molecule has 1 fully saturated rings. The Morgan fingerprint density at radius 2 is 2.31 bits per heavy atom. The van der Waals surface area contributed by atoms with Crippen molar-refractivity contribution in [3.63, 3.8) is 0 Å². The zero-order valence-corrected chi connectivity index (χ0v) is 11.0. The maximum Gasteiger partial charge on any atom is 0.0638 e. The molecule has 0 aliphatic carbocycles. The minimum atomic E-state index is 0.274. The smallest absolute Gasteiger partial charge is 0.0638 e. The molecule has 4 heteroatoms. The van der Waals surface area contributed by atoms with Crippen LogP contribution in [-0.2, 0) is 4.74 Å². The molecule has 0 radical (unpaired) electrons. The molecule has 2 unspecified atom stereocenters. The van der Waals surface area contributed by atoms with Gasteiger partial charge >= 0.3 is 0 Å². The van der Waals surface area contributed by atoms with Crippen molar-refractivity contribution in [2.24, 2.45) is 0 Å². The highest BCUT2D eigenvalue weighted by Crippen LogP contribution is 2.25. The van der Waals surface area contributed by atoms with E-state index in [1.807, 2.05) is 13.1 Å². The van der Waals surface area contributed by atoms with Crippen LogP contribution in [0, 0.1) is 0 Å². The molecule has 0 aromatic heterocycles. The van der Waals surface area contributed by atoms with Crippen LogP contribution in [0.5, 0.6) is 0 Å². The van der Waals surface area contributed by atoms with Gasteiger partial charge in [0.2, 0.25) is 0 Å². The largest absolute Gasteiger partial charge is 0.378 e. The summed E-state index contributed by atoms with van der Waals surface area (Å²) in [5.74, 6) is 0. The van der Waals surface area contributed by atoms with Crippen molar-refractivity contribution in [1.82, 2.24) is 10.6 Å². The standard InChI is InChI=1S/C12H17BrN2O/c1-14-12(11-8-16-7-6-15-11)9-4-2-3-5-10(9)13/h2-5,11-12,14-15H,6-8H2,1H3. The molecule has 1 saturated heterocycles. The summed E-state index contributed by atoms with van der Waals surface area (Å²) in [6, 6.07) is 8.91. The van der Waals surface area contributed by atoms with E-state index >= 15 is 0 Å². The van der Waals surface area contributed by atoms with E-state index < -0.39 is 0 Å². The summed E-state index contributed by atoms with van der Waals surface area (Å²) in [5.41, 5.74) is 1.27. The maximum atomic E-state index is 5.51. The molecule has 0 spiro atoms. The van der Waals surface area contributed by atoms with Crippen molar-refractivity contribution in [1.29, 1.82) is 0 Å². The van der Waals surface area contributed by atoms with Gasteiger partial charge in [0.25, 0.3) is 0 Å². The first-order chi connectivity index (χ1) is 7.83. The molecule has 0 saturated carbocycles. The highest BCUT2D eigenvalue weighted by molar-refractivity contribution is 9.10. The zero-order valence-electron chi connectivity index (χ0n) is 9.37. The number of morpholine rings is 1. The van der Waals surface area contributed by atoms with Crippen LogP contribution in [0.2, 0.25) is 0 Å². The van der Waals surface area contributed by atoms with Crippen LogP contribution in [0.25, 0.3) is 0 Å². The number of benzene rings is 1. The Balaban J connectivity index is 2.18. The lowest BCUT2D eigenvalue weighted by atomic mass is 9.99. The van der Waals surface area contributed by atoms with Crippen LogP contribution in [0.3, 0.4) is 0 Å². The van der Waals surface area contributed by atoms with Gasteiger partial charge in [0, 0.05) is 11.0 Å². The van der Waals surface area contributed by atoms with Crippen molar-refractivity contribution in [2.45, 2.75) is 12.1 Å². The Bertz CT molecular complexity index is 340. The molecule has 88 valence electrons. The van der Waals surface area contributed by atoms with Crippen LogP contribution >= 0.6 is 15.9 Å². The second kappa shape index (κ2) is 5.77. The average molecular weight is 285 g/mol. The van der Waals surface area contributed by atoms with E-state index in [0.717, 1.165) is 24.2 Å². The lowest BCUT2D eigenvalue weighted by molar-refractivity contribution is 0.0645. The molecule has 0 amide bonds. The topological polar surface area (TPSA) is 33.3 Å². The van der Waals surface area contributed by atoms with Crippen LogP contribution < -0.4 is 10.6 Å². The second-order valence-corrected chi connectivity index (χ2v) is 4.78. The number of ether oxygens (including phenoxy) is 1. The highest BCUT2D eigenvalue weighted by Gasteiger charge is 2.25. The molecule has 1 aromatic rings. The normalized spacial score (nSPS) is 23.0. The molecule has 1 heterocycles. The molecular formula is C12H17BrN2O. The highest BCUT2D eigenvalue weighted by atomic mass is 79.9. The fraction of sp³-hybridized carbons (Fsp3) is 0.500. The molecule has 1 aliphatic heterocycles. The summed E-state index contributed by atoms with van der Waals surface area (Å²) >= 11 is 3.60. The minimum absolute atomic E-state index is 0.274. The SMILES string of the molecule is CNC(c1ccccc1Br)C1COCCN1. The van der Waals surface area contributed by atoms with E-state index in [2.05, 4.69) is 44.8 Å². The monoisotopic (exact) mass is 284 g/mol. The number of rotatable bonds is 3. The third-order valence-electron chi connectivity index (χ3n) is 2.90. The Kier molecular flexibility index (Phi) is 4.35. The lowest BCUT2D eigenvalue weighted by Gasteiger charge is -2.31. The predicted octanol–water partition coefficient (Wildman–Crippen LogP) is 1.70. The van der Waals surface area contributed by atoms with Crippen molar-refractivity contribution in [3.8, 4) is 0 Å². The molecule has 2 atom stereocenters. The molecule has 1 aromatic carbocycles. The van der Waals surface area contributed by atoms with Crippen molar-refractivity contribution < 1.29 is 4.74 Å². The first-order valence-electron chi connectivity index (χ1n) is 5.55. The van der Waals surface area contributed by atoms with Crippen LogP contribution in [0.15, 0.2) is 28.7 Å². The molecule has 0 bridgehead atoms. The molecular weight excluding hydrogens is 268 g/mol. The van der Waals surface area contributed by atoms with Crippen molar-refractivity contribution in [3.05, 3.63) is 34.3 Å². The van der Waals surface area contributed by atoms with Crippen LogP contribution in [-0.4, -0.2) is 32.8 Å². The number of hydrogen-bond donors (Lipinski definition) is 2.